The van der Waals surface area contributed by atoms with E-state index in [4.69, 9.17) is 11.6 Å². The van der Waals surface area contributed by atoms with Crippen LogP contribution in [0.15, 0.2) is 29.3 Å². The van der Waals surface area contributed by atoms with Crippen LogP contribution in [0, 0.1) is 0 Å². The fraction of sp³-hybridized carbons (Fsp3) is 0.250. The summed E-state index contributed by atoms with van der Waals surface area (Å²) in [6, 6.07) is 3.01. The summed E-state index contributed by atoms with van der Waals surface area (Å²) in [6.45, 7) is 0.236. The molecule has 0 spiro atoms. The number of halogens is 4. The summed E-state index contributed by atoms with van der Waals surface area (Å²) in [6.07, 6.45) is -2.51. The normalized spacial score (nSPS) is 12.4. The van der Waals surface area contributed by atoms with E-state index in [1.54, 1.807) is 0 Å². The van der Waals surface area contributed by atoms with E-state index in [0.29, 0.717) is 4.47 Å². The Balaban J connectivity index is 2.31. The van der Waals surface area contributed by atoms with Gasteiger partial charge in [0.2, 0.25) is 0 Å². The predicted molar refractivity (Wildman–Crippen MR) is 79.0 cm³/mol. The average molecular weight is 371 g/mol. The van der Waals surface area contributed by atoms with Gasteiger partial charge in [-0.15, -0.1) is 11.3 Å². The summed E-state index contributed by atoms with van der Waals surface area (Å²) in [5, 5.41) is 2.78. The van der Waals surface area contributed by atoms with E-state index in [-0.39, 0.29) is 12.2 Å². The standard InChI is InChI=1S/C12H10ClF3N2O2S2/c1-22(19,20)10-3-2-7(4-9(10)12(14,15)16)17-5-8-6-18-11(13)21-8/h2-4,6,17H,5H2,1H3. The van der Waals surface area contributed by atoms with Crippen molar-refractivity contribution in [3.05, 3.63) is 39.3 Å². The van der Waals surface area contributed by atoms with Crippen LogP contribution in [0.1, 0.15) is 10.4 Å². The maximum Gasteiger partial charge on any atom is 0.417 e. The minimum Gasteiger partial charge on any atom is -0.380 e. The molecule has 0 radical (unpaired) electrons. The number of rotatable bonds is 4. The Morgan fingerprint density at radius 1 is 1.36 bits per heavy atom. The largest absolute Gasteiger partial charge is 0.417 e. The molecule has 2 aromatic rings. The van der Waals surface area contributed by atoms with Gasteiger partial charge in [0.25, 0.3) is 0 Å². The molecule has 0 amide bonds. The first-order valence-corrected chi connectivity index (χ1v) is 8.91. The predicted octanol–water partition coefficient (Wildman–Crippen LogP) is 3.83. The lowest BCUT2D eigenvalue weighted by Crippen LogP contribution is -2.13. The molecule has 0 unspecified atom stereocenters. The SMILES string of the molecule is CS(=O)(=O)c1ccc(NCc2cnc(Cl)s2)cc1C(F)(F)F. The van der Waals surface area contributed by atoms with Crippen LogP contribution in [-0.4, -0.2) is 19.7 Å². The van der Waals surface area contributed by atoms with Gasteiger partial charge in [0.15, 0.2) is 14.3 Å². The highest BCUT2D eigenvalue weighted by atomic mass is 35.5. The molecule has 2 rings (SSSR count). The van der Waals surface area contributed by atoms with Crippen LogP contribution in [0.4, 0.5) is 18.9 Å². The monoisotopic (exact) mass is 370 g/mol. The molecule has 4 nitrogen and oxygen atoms in total. The van der Waals surface area contributed by atoms with E-state index in [1.807, 2.05) is 0 Å². The second-order valence-electron chi connectivity index (χ2n) is 4.41. The highest BCUT2D eigenvalue weighted by Gasteiger charge is 2.36. The molecule has 0 saturated heterocycles. The Kier molecular flexibility index (Phi) is 4.69. The second kappa shape index (κ2) is 6.05. The molecule has 0 aliphatic heterocycles. The van der Waals surface area contributed by atoms with Crippen LogP contribution in [0.3, 0.4) is 0 Å². The number of anilines is 1. The molecule has 0 atom stereocenters. The summed E-state index contributed by atoms with van der Waals surface area (Å²) >= 11 is 6.86. The van der Waals surface area contributed by atoms with Crippen LogP contribution < -0.4 is 5.32 Å². The Morgan fingerprint density at radius 2 is 2.05 bits per heavy atom. The molecular weight excluding hydrogens is 361 g/mol. The van der Waals surface area contributed by atoms with E-state index in [0.717, 1.165) is 23.3 Å². The number of nitrogens with zero attached hydrogens (tertiary/aromatic N) is 1. The lowest BCUT2D eigenvalue weighted by Gasteiger charge is -2.14. The van der Waals surface area contributed by atoms with Crippen molar-refractivity contribution in [2.24, 2.45) is 0 Å². The summed E-state index contributed by atoms with van der Waals surface area (Å²) in [5.74, 6) is 0. The van der Waals surface area contributed by atoms with Crippen LogP contribution in [0.25, 0.3) is 0 Å². The molecule has 0 aliphatic rings. The Bertz CT molecular complexity index is 788. The first-order chi connectivity index (χ1) is 10.1. The van der Waals surface area contributed by atoms with Gasteiger partial charge < -0.3 is 5.32 Å². The number of benzene rings is 1. The maximum atomic E-state index is 13.0. The van der Waals surface area contributed by atoms with Crippen molar-refractivity contribution in [2.45, 2.75) is 17.6 Å². The van der Waals surface area contributed by atoms with Gasteiger partial charge in [-0.1, -0.05) is 11.6 Å². The molecule has 0 aliphatic carbocycles. The first-order valence-electron chi connectivity index (χ1n) is 5.83. The molecule has 120 valence electrons. The van der Waals surface area contributed by atoms with Gasteiger partial charge in [-0.25, -0.2) is 13.4 Å². The van der Waals surface area contributed by atoms with Crippen molar-refractivity contribution in [1.82, 2.24) is 4.98 Å². The lowest BCUT2D eigenvalue weighted by atomic mass is 10.2. The Hall–Kier alpha value is -1.32. The zero-order chi connectivity index (χ0) is 16.5. The summed E-state index contributed by atoms with van der Waals surface area (Å²) in [7, 11) is -3.97. The summed E-state index contributed by atoms with van der Waals surface area (Å²) in [4.78, 5) is 3.81. The molecular formula is C12H10ClF3N2O2S2. The van der Waals surface area contributed by atoms with Crippen molar-refractivity contribution in [2.75, 3.05) is 11.6 Å². The summed E-state index contributed by atoms with van der Waals surface area (Å²) < 4.78 is 62.3. The first kappa shape index (κ1) is 17.0. The number of alkyl halides is 3. The van der Waals surface area contributed by atoms with Gasteiger partial charge in [-0.05, 0) is 18.2 Å². The van der Waals surface area contributed by atoms with Gasteiger partial charge in [0.1, 0.15) is 0 Å². The zero-order valence-corrected chi connectivity index (χ0v) is 13.5. The second-order valence-corrected chi connectivity index (χ2v) is 8.10. The van der Waals surface area contributed by atoms with Gasteiger partial charge >= 0.3 is 6.18 Å². The fourth-order valence-corrected chi connectivity index (χ4v) is 3.55. The van der Waals surface area contributed by atoms with Crippen molar-refractivity contribution < 1.29 is 21.6 Å². The number of hydrogen-bond donors (Lipinski definition) is 1. The minimum atomic E-state index is -4.76. The van der Waals surface area contributed by atoms with Crippen molar-refractivity contribution in [3.63, 3.8) is 0 Å². The minimum absolute atomic E-state index is 0.157. The molecule has 0 fully saturated rings. The van der Waals surface area contributed by atoms with Gasteiger partial charge in [0.05, 0.1) is 17.0 Å². The molecule has 0 bridgehead atoms. The molecule has 1 aromatic heterocycles. The number of thiazole rings is 1. The van der Waals surface area contributed by atoms with Crippen LogP contribution in [-0.2, 0) is 22.6 Å². The molecule has 1 aromatic carbocycles. The number of aromatic nitrogens is 1. The average Bonchev–Trinajstić information content (AvgIpc) is 2.80. The smallest absolute Gasteiger partial charge is 0.380 e. The molecule has 22 heavy (non-hydrogen) atoms. The third kappa shape index (κ3) is 4.11. The van der Waals surface area contributed by atoms with E-state index < -0.39 is 26.5 Å². The van der Waals surface area contributed by atoms with E-state index in [2.05, 4.69) is 10.3 Å². The zero-order valence-electron chi connectivity index (χ0n) is 11.1. The third-order valence-corrected chi connectivity index (χ3v) is 4.95. The Labute approximate surface area is 133 Å². The topological polar surface area (TPSA) is 59.1 Å². The van der Waals surface area contributed by atoms with E-state index in [9.17, 15) is 21.6 Å². The van der Waals surface area contributed by atoms with Gasteiger partial charge in [-0.3, -0.25) is 0 Å². The van der Waals surface area contributed by atoms with Crippen LogP contribution >= 0.6 is 22.9 Å². The highest BCUT2D eigenvalue weighted by molar-refractivity contribution is 7.90. The molecule has 10 heteroatoms. The highest BCUT2D eigenvalue weighted by Crippen LogP contribution is 2.36. The molecule has 1 heterocycles. The fourth-order valence-electron chi connectivity index (χ4n) is 1.74. The van der Waals surface area contributed by atoms with E-state index >= 15 is 0 Å². The number of sulfone groups is 1. The molecule has 1 N–H and O–H groups in total. The van der Waals surface area contributed by atoms with Gasteiger partial charge in [0, 0.05) is 23.0 Å². The number of hydrogen-bond acceptors (Lipinski definition) is 5. The van der Waals surface area contributed by atoms with Crippen molar-refractivity contribution in [1.29, 1.82) is 0 Å². The lowest BCUT2D eigenvalue weighted by molar-refractivity contribution is -0.139. The van der Waals surface area contributed by atoms with E-state index in [1.165, 1.54) is 23.6 Å². The van der Waals surface area contributed by atoms with Crippen molar-refractivity contribution in [3.8, 4) is 0 Å². The summed E-state index contributed by atoms with van der Waals surface area (Å²) in [5.41, 5.74) is -1.04. The Morgan fingerprint density at radius 3 is 2.55 bits per heavy atom. The number of nitrogens with one attached hydrogen (secondary N) is 1. The van der Waals surface area contributed by atoms with Gasteiger partial charge in [-0.2, -0.15) is 13.2 Å². The van der Waals surface area contributed by atoms with Crippen LogP contribution in [0.2, 0.25) is 4.47 Å². The van der Waals surface area contributed by atoms with Crippen molar-refractivity contribution >= 4 is 38.5 Å². The van der Waals surface area contributed by atoms with Crippen LogP contribution in [0.5, 0.6) is 0 Å². The quantitative estimate of drug-likeness (QED) is 0.888. The maximum absolute atomic E-state index is 13.0. The third-order valence-electron chi connectivity index (χ3n) is 2.68. The molecule has 0 saturated carbocycles.